The first-order valence-electron chi connectivity index (χ1n) is 6.96. The number of hydrogen-bond donors (Lipinski definition) is 1. The molecule has 3 heteroatoms. The first-order chi connectivity index (χ1) is 8.75. The van der Waals surface area contributed by atoms with Crippen LogP contribution >= 0.6 is 0 Å². The van der Waals surface area contributed by atoms with Crippen LogP contribution in [-0.2, 0) is 0 Å². The summed E-state index contributed by atoms with van der Waals surface area (Å²) in [4.78, 5) is 2.39. The van der Waals surface area contributed by atoms with Gasteiger partial charge in [-0.05, 0) is 62.9 Å². The average Bonchev–Trinajstić information content (AvgIpc) is 2.40. The number of piperidine rings is 1. The van der Waals surface area contributed by atoms with Gasteiger partial charge in [-0.3, -0.25) is 0 Å². The van der Waals surface area contributed by atoms with Crippen LogP contribution in [0.25, 0.3) is 0 Å². The molecule has 2 aliphatic rings. The maximum Gasteiger partial charge on any atom is 0.146 e. The third-order valence-corrected chi connectivity index (χ3v) is 4.53. The molecule has 1 saturated heterocycles. The summed E-state index contributed by atoms with van der Waals surface area (Å²) in [7, 11) is 2.19. The summed E-state index contributed by atoms with van der Waals surface area (Å²) in [5.74, 6) is 1.18. The second-order valence-electron chi connectivity index (χ2n) is 5.67. The second-order valence-corrected chi connectivity index (χ2v) is 5.67. The van der Waals surface area contributed by atoms with Crippen molar-refractivity contribution in [3.05, 3.63) is 29.6 Å². The minimum absolute atomic E-state index is 0.0925. The van der Waals surface area contributed by atoms with E-state index in [9.17, 15) is 4.39 Å². The van der Waals surface area contributed by atoms with Crippen LogP contribution in [0.2, 0.25) is 0 Å². The third-order valence-electron chi connectivity index (χ3n) is 4.53. The molecule has 0 aliphatic carbocycles. The number of rotatable bonds is 1. The Bertz CT molecular complexity index is 425. The van der Waals surface area contributed by atoms with Crippen LogP contribution in [-0.4, -0.2) is 31.6 Å². The van der Waals surface area contributed by atoms with Gasteiger partial charge in [0.1, 0.15) is 5.82 Å². The Balaban J connectivity index is 1.85. The van der Waals surface area contributed by atoms with Gasteiger partial charge in [-0.2, -0.15) is 0 Å². The Morgan fingerprint density at radius 3 is 2.78 bits per heavy atom. The van der Waals surface area contributed by atoms with Crippen LogP contribution in [0, 0.1) is 11.7 Å². The SMILES string of the molecule is CN1CCC(C2CCNc3c(F)cccc32)CC1. The Kier molecular flexibility index (Phi) is 3.25. The first-order valence-corrected chi connectivity index (χ1v) is 6.96. The van der Waals surface area contributed by atoms with Gasteiger partial charge in [0.15, 0.2) is 0 Å². The molecule has 2 aliphatic heterocycles. The highest BCUT2D eigenvalue weighted by Crippen LogP contribution is 2.41. The Morgan fingerprint density at radius 2 is 2.00 bits per heavy atom. The Hall–Kier alpha value is -1.09. The van der Waals surface area contributed by atoms with Gasteiger partial charge in [0, 0.05) is 6.54 Å². The Labute approximate surface area is 108 Å². The van der Waals surface area contributed by atoms with E-state index in [1.807, 2.05) is 6.07 Å². The highest BCUT2D eigenvalue weighted by molar-refractivity contribution is 5.56. The maximum atomic E-state index is 13.8. The van der Waals surface area contributed by atoms with Crippen molar-refractivity contribution in [2.45, 2.75) is 25.2 Å². The van der Waals surface area contributed by atoms with E-state index in [1.165, 1.54) is 31.5 Å². The zero-order valence-electron chi connectivity index (χ0n) is 11.0. The van der Waals surface area contributed by atoms with Crippen molar-refractivity contribution in [3.8, 4) is 0 Å². The largest absolute Gasteiger partial charge is 0.382 e. The van der Waals surface area contributed by atoms with E-state index in [2.05, 4.69) is 23.3 Å². The summed E-state index contributed by atoms with van der Waals surface area (Å²) in [6.45, 7) is 3.27. The van der Waals surface area contributed by atoms with Gasteiger partial charge in [-0.15, -0.1) is 0 Å². The summed E-state index contributed by atoms with van der Waals surface area (Å²) in [5, 5.41) is 3.22. The number of hydrogen-bond acceptors (Lipinski definition) is 2. The molecule has 1 atom stereocenters. The molecule has 0 spiro atoms. The smallest absolute Gasteiger partial charge is 0.146 e. The number of nitrogens with zero attached hydrogens (tertiary/aromatic N) is 1. The number of halogens is 1. The molecule has 1 fully saturated rings. The van der Waals surface area contributed by atoms with Crippen LogP contribution < -0.4 is 5.32 Å². The third kappa shape index (κ3) is 2.12. The molecule has 1 unspecified atom stereocenters. The van der Waals surface area contributed by atoms with Gasteiger partial charge >= 0.3 is 0 Å². The lowest BCUT2D eigenvalue weighted by Gasteiger charge is -2.37. The lowest BCUT2D eigenvalue weighted by molar-refractivity contribution is 0.194. The predicted octanol–water partition coefficient (Wildman–Crippen LogP) is 3.07. The summed E-state index contributed by atoms with van der Waals surface area (Å²) in [6, 6.07) is 5.51. The molecule has 3 rings (SSSR count). The average molecular weight is 248 g/mol. The van der Waals surface area contributed by atoms with Gasteiger partial charge in [-0.1, -0.05) is 12.1 Å². The van der Waals surface area contributed by atoms with Gasteiger partial charge in [0.2, 0.25) is 0 Å². The molecular weight excluding hydrogens is 227 g/mol. The van der Waals surface area contributed by atoms with Crippen molar-refractivity contribution in [3.63, 3.8) is 0 Å². The number of nitrogens with one attached hydrogen (secondary N) is 1. The number of benzene rings is 1. The lowest BCUT2D eigenvalue weighted by Crippen LogP contribution is -2.34. The Morgan fingerprint density at radius 1 is 1.22 bits per heavy atom. The van der Waals surface area contributed by atoms with E-state index in [4.69, 9.17) is 0 Å². The van der Waals surface area contributed by atoms with Crippen LogP contribution in [0.1, 0.15) is 30.7 Å². The van der Waals surface area contributed by atoms with E-state index in [0.29, 0.717) is 5.92 Å². The van der Waals surface area contributed by atoms with E-state index >= 15 is 0 Å². The summed E-state index contributed by atoms with van der Waals surface area (Å²) >= 11 is 0. The fourth-order valence-corrected chi connectivity index (χ4v) is 3.47. The zero-order chi connectivity index (χ0) is 12.5. The molecule has 0 saturated carbocycles. The van der Waals surface area contributed by atoms with Crippen molar-refractivity contribution in [1.82, 2.24) is 4.90 Å². The number of fused-ring (bicyclic) bond motifs is 1. The van der Waals surface area contributed by atoms with Gasteiger partial charge in [0.25, 0.3) is 0 Å². The molecule has 1 aromatic rings. The van der Waals surface area contributed by atoms with E-state index in [1.54, 1.807) is 6.07 Å². The molecule has 0 bridgehead atoms. The molecule has 2 heterocycles. The lowest BCUT2D eigenvalue weighted by atomic mass is 9.76. The van der Waals surface area contributed by atoms with Crippen molar-refractivity contribution in [1.29, 1.82) is 0 Å². The predicted molar refractivity (Wildman–Crippen MR) is 72.5 cm³/mol. The molecule has 2 nitrogen and oxygen atoms in total. The summed E-state index contributed by atoms with van der Waals surface area (Å²) in [5.41, 5.74) is 1.96. The normalized spacial score (nSPS) is 25.6. The van der Waals surface area contributed by atoms with Gasteiger partial charge in [-0.25, -0.2) is 4.39 Å². The highest BCUT2D eigenvalue weighted by atomic mass is 19.1. The van der Waals surface area contributed by atoms with Crippen molar-refractivity contribution < 1.29 is 4.39 Å². The van der Waals surface area contributed by atoms with Crippen LogP contribution in [0.5, 0.6) is 0 Å². The molecule has 0 aromatic heterocycles. The molecule has 98 valence electrons. The van der Waals surface area contributed by atoms with Crippen molar-refractivity contribution in [2.24, 2.45) is 5.92 Å². The minimum atomic E-state index is -0.0925. The molecule has 1 N–H and O–H groups in total. The van der Waals surface area contributed by atoms with Crippen LogP contribution in [0.15, 0.2) is 18.2 Å². The quantitative estimate of drug-likeness (QED) is 0.821. The fraction of sp³-hybridized carbons (Fsp3) is 0.600. The monoisotopic (exact) mass is 248 g/mol. The van der Waals surface area contributed by atoms with E-state index < -0.39 is 0 Å². The van der Waals surface area contributed by atoms with Gasteiger partial charge < -0.3 is 10.2 Å². The van der Waals surface area contributed by atoms with E-state index in [-0.39, 0.29) is 5.82 Å². The van der Waals surface area contributed by atoms with Crippen LogP contribution in [0.3, 0.4) is 0 Å². The number of likely N-dealkylation sites (tertiary alicyclic amines) is 1. The highest BCUT2D eigenvalue weighted by Gasteiger charge is 2.30. The van der Waals surface area contributed by atoms with Gasteiger partial charge in [0.05, 0.1) is 5.69 Å². The van der Waals surface area contributed by atoms with E-state index in [0.717, 1.165) is 24.6 Å². The zero-order valence-corrected chi connectivity index (χ0v) is 11.0. The minimum Gasteiger partial charge on any atom is -0.382 e. The molecule has 0 radical (unpaired) electrons. The second kappa shape index (κ2) is 4.88. The standard InChI is InChI=1S/C15H21FN2/c1-18-9-6-11(7-10-18)12-5-8-17-15-13(12)3-2-4-14(15)16/h2-4,11-12,17H,5-10H2,1H3. The molecular formula is C15H21FN2. The molecule has 1 aromatic carbocycles. The maximum absolute atomic E-state index is 13.8. The fourth-order valence-electron chi connectivity index (χ4n) is 3.47. The topological polar surface area (TPSA) is 15.3 Å². The molecule has 0 amide bonds. The summed E-state index contributed by atoms with van der Waals surface area (Å²) in [6.07, 6.45) is 3.64. The van der Waals surface area contributed by atoms with Crippen LogP contribution in [0.4, 0.5) is 10.1 Å². The van der Waals surface area contributed by atoms with Crippen molar-refractivity contribution in [2.75, 3.05) is 32.0 Å². The number of para-hydroxylation sites is 1. The molecule has 18 heavy (non-hydrogen) atoms. The number of anilines is 1. The first kappa shape index (κ1) is 12.0. The van der Waals surface area contributed by atoms with Crippen molar-refractivity contribution >= 4 is 5.69 Å². The summed E-state index contributed by atoms with van der Waals surface area (Å²) < 4.78 is 13.8.